The topological polar surface area (TPSA) is 899 Å². The third-order valence-electron chi connectivity index (χ3n) is 23.7. The number of hydrogen-bond donors (Lipinski definition) is 34. The molecule has 0 aromatic carbocycles. The molecule has 11 aliphatic heterocycles. The van der Waals surface area contributed by atoms with Crippen molar-refractivity contribution in [3.05, 3.63) is 0 Å². The Bertz CT molecular complexity index is 3360. The van der Waals surface area contributed by atoms with Gasteiger partial charge in [-0.3, -0.25) is 9.59 Å². The van der Waals surface area contributed by atoms with Crippen LogP contribution in [0.3, 0.4) is 0 Å². The molecule has 0 aromatic rings. The molecule has 11 fully saturated rings. The van der Waals surface area contributed by atoms with Crippen molar-refractivity contribution in [2.24, 2.45) is 0 Å². The van der Waals surface area contributed by atoms with Crippen LogP contribution in [0.4, 0.5) is 0 Å². The molecule has 55 atom stereocenters. The Morgan fingerprint density at radius 2 is 0.480 bits per heavy atom. The second-order valence-corrected chi connectivity index (χ2v) is 32.4. The van der Waals surface area contributed by atoms with Gasteiger partial charge in [0.2, 0.25) is 11.8 Å². The van der Waals surface area contributed by atoms with E-state index in [0.717, 1.165) is 13.8 Å². The maximum absolute atomic E-state index is 13.3. The van der Waals surface area contributed by atoms with Crippen LogP contribution in [0.15, 0.2) is 0 Å². The number of carbonyl (C=O) groups is 2. The predicted octanol–water partition coefficient (Wildman–Crippen LogP) is -23.7. The van der Waals surface area contributed by atoms with Crippen LogP contribution >= 0.6 is 0 Å². The van der Waals surface area contributed by atoms with Crippen molar-refractivity contribution >= 4 is 11.8 Å². The Morgan fingerprint density at radius 1 is 0.220 bits per heavy atom. The zero-order valence-electron chi connectivity index (χ0n) is 67.5. The molecule has 11 aliphatic rings. The van der Waals surface area contributed by atoms with E-state index in [9.17, 15) is 173 Å². The molecule has 0 bridgehead atoms. The highest BCUT2D eigenvalue weighted by Crippen LogP contribution is 2.41. The minimum absolute atomic E-state index is 0.863. The lowest BCUT2D eigenvalue weighted by molar-refractivity contribution is -0.408. The SMILES string of the molecule is CC(=O)N[C@@H]1[C@@H](O)[C@H](O[C@@H]2O[C@H](CO)[C@@H](O[C@@H]3O[C@H](CO[C@H]4O[C@H](CO[C@H]5O[C@H](CO)[C@@H](O)[C@H](O)[C@@H]5O[C@H]5O[C@H](CO)[C@@H](O)[C@H](O)[C@@H]5O)[C@@H](O)[C@H](O[C@H]5O[C@H](CO)[C@@H](O)[C@H](O)[C@@H]5O)[C@@H]4O)[C@@H](O)[C@H](O[C@H]4O[C@H](CO)[C@@H](O)[C@H](O)[C@@H]4O[C@H]4O[C@H](CO)[C@@H](O)[C@H](O)[C@@H]4O[C@H]4O[C@H](CO)[C@@H](O)[C@H](O)[C@@H]4O)[C@@H]3O)[C@H](O)[C@H]2NC(C)=O)[C@@H](CO[C@@H]2O[C@@H](C)[C@@H](O)[C@@H](O)[C@@H]2O)O[C@H]1O. The molecule has 2 amide bonds. The van der Waals surface area contributed by atoms with Crippen molar-refractivity contribution in [3.63, 3.8) is 0 Å². The monoisotopic (exact) mass is 1870 g/mol. The van der Waals surface area contributed by atoms with E-state index in [2.05, 4.69) is 10.6 Å². The summed E-state index contributed by atoms with van der Waals surface area (Å²) in [5, 5.41) is 361. The molecule has 11 heterocycles. The maximum atomic E-state index is 13.3. The van der Waals surface area contributed by atoms with E-state index in [0.29, 0.717) is 0 Å². The van der Waals surface area contributed by atoms with Crippen LogP contribution in [-0.4, -0.2) is 579 Å². The third kappa shape index (κ3) is 22.6. The molecule has 57 nitrogen and oxygen atoms in total. The van der Waals surface area contributed by atoms with Gasteiger partial charge in [0.25, 0.3) is 0 Å². The Labute approximate surface area is 717 Å². The summed E-state index contributed by atoms with van der Waals surface area (Å²) >= 11 is 0. The number of nitrogens with one attached hydrogen (secondary N) is 2. The van der Waals surface area contributed by atoms with Crippen molar-refractivity contribution < 1.29 is 272 Å². The second kappa shape index (κ2) is 45.2. The van der Waals surface area contributed by atoms with E-state index >= 15 is 0 Å². The second-order valence-electron chi connectivity index (χ2n) is 32.4. The fourth-order valence-electron chi connectivity index (χ4n) is 16.3. The summed E-state index contributed by atoms with van der Waals surface area (Å²) in [5.74, 6) is -1.88. The molecular weight excluding hydrogens is 1750 g/mol. The zero-order valence-corrected chi connectivity index (χ0v) is 67.5. The molecule has 0 spiro atoms. The molecule has 738 valence electrons. The Morgan fingerprint density at radius 3 is 0.898 bits per heavy atom. The number of aliphatic hydroxyl groups excluding tert-OH is 32. The molecule has 0 unspecified atom stereocenters. The molecule has 11 rings (SSSR count). The highest BCUT2D eigenvalue weighted by molar-refractivity contribution is 5.73. The smallest absolute Gasteiger partial charge is 0.217 e. The lowest BCUT2D eigenvalue weighted by Crippen LogP contribution is -2.70. The minimum Gasteiger partial charge on any atom is -0.394 e. The van der Waals surface area contributed by atoms with Gasteiger partial charge in [0.1, 0.15) is 262 Å². The van der Waals surface area contributed by atoms with E-state index in [-0.39, 0.29) is 0 Å². The number of hydrogen-bond acceptors (Lipinski definition) is 55. The van der Waals surface area contributed by atoms with Crippen LogP contribution in [0.1, 0.15) is 20.8 Å². The first-order chi connectivity index (χ1) is 60.1. The summed E-state index contributed by atoms with van der Waals surface area (Å²) in [6.07, 6.45) is -114. The summed E-state index contributed by atoms with van der Waals surface area (Å²) in [5.41, 5.74) is 0. The van der Waals surface area contributed by atoms with Gasteiger partial charge in [-0.05, 0) is 6.92 Å². The van der Waals surface area contributed by atoms with Crippen molar-refractivity contribution in [2.45, 2.75) is 358 Å². The van der Waals surface area contributed by atoms with E-state index in [1.807, 2.05) is 0 Å². The molecule has 0 saturated carbocycles. The molecule has 127 heavy (non-hydrogen) atoms. The van der Waals surface area contributed by atoms with Crippen LogP contribution in [0.2, 0.25) is 0 Å². The van der Waals surface area contributed by atoms with E-state index < -0.39 is 416 Å². The van der Waals surface area contributed by atoms with Gasteiger partial charge in [0, 0.05) is 13.8 Å². The molecule has 0 aromatic heterocycles. The maximum Gasteiger partial charge on any atom is 0.217 e. The van der Waals surface area contributed by atoms with Gasteiger partial charge >= 0.3 is 0 Å². The largest absolute Gasteiger partial charge is 0.394 e. The van der Waals surface area contributed by atoms with E-state index in [1.165, 1.54) is 6.92 Å². The zero-order chi connectivity index (χ0) is 93.2. The van der Waals surface area contributed by atoms with Crippen molar-refractivity contribution in [1.29, 1.82) is 0 Å². The summed E-state index contributed by atoms with van der Waals surface area (Å²) < 4.78 is 123. The molecule has 57 heteroatoms. The first-order valence-electron chi connectivity index (χ1n) is 40.5. The van der Waals surface area contributed by atoms with E-state index in [1.54, 1.807) is 0 Å². The highest BCUT2D eigenvalue weighted by atomic mass is 16.8. The lowest BCUT2D eigenvalue weighted by atomic mass is 9.93. The van der Waals surface area contributed by atoms with Crippen LogP contribution in [-0.2, 0) is 109 Å². The van der Waals surface area contributed by atoms with Gasteiger partial charge in [-0.1, -0.05) is 0 Å². The summed E-state index contributed by atoms with van der Waals surface area (Å²) in [7, 11) is 0. The molecular formula is C70H118N2O55. The number of carbonyl (C=O) groups excluding carboxylic acids is 2. The van der Waals surface area contributed by atoms with Crippen molar-refractivity contribution in [3.8, 4) is 0 Å². The van der Waals surface area contributed by atoms with Gasteiger partial charge in [0.05, 0.1) is 72.2 Å². The first kappa shape index (κ1) is 104. The Balaban J connectivity index is 0.936. The number of aliphatic hydroxyl groups is 32. The van der Waals surface area contributed by atoms with Crippen LogP contribution < -0.4 is 10.6 Å². The summed E-state index contributed by atoms with van der Waals surface area (Å²) in [6, 6.07) is -3.85. The minimum atomic E-state index is -2.69. The van der Waals surface area contributed by atoms with Gasteiger partial charge in [0.15, 0.2) is 69.2 Å². The quantitative estimate of drug-likeness (QED) is 0.0297. The molecule has 11 saturated heterocycles. The van der Waals surface area contributed by atoms with Gasteiger partial charge in [-0.2, -0.15) is 0 Å². The average molecular weight is 1870 g/mol. The molecule has 0 aliphatic carbocycles. The highest BCUT2D eigenvalue weighted by Gasteiger charge is 2.62. The van der Waals surface area contributed by atoms with Crippen LogP contribution in [0, 0.1) is 0 Å². The summed E-state index contributed by atoms with van der Waals surface area (Å²) in [6.45, 7) is -8.12. The van der Waals surface area contributed by atoms with Crippen LogP contribution in [0.25, 0.3) is 0 Å². The number of ether oxygens (including phenoxy) is 21. The van der Waals surface area contributed by atoms with Gasteiger partial charge < -0.3 is 274 Å². The standard InChI is InChI=1S/C70H118N2O55/c1-14-29(82)40(93)47(100)62(110-14)108-13-26-54(38(91)27(60(106)111-26)71-15(2)80)121-61-28(72-16(3)81)39(92)53(23(10-79)118-61)122-67-52(105)56(124-69-59(46(99)35(88)21(8-77)116-69)127-70-58(45(98)34(87)22(9-78)117-70)126-66-50(103)43(96)32(85)19(6-75)114-66)37(90)25(120-67)11-107-63-51(104)55(123-64-48(101)41(94)30(83)17(4-73)112-64)36(89)24(119-63)12-109-68-57(44(97)33(86)20(7-76)115-68)125-65-49(102)42(95)31(84)18(5-74)113-65/h14,17-70,73-79,82-106H,4-13H2,1-3H3,(H,71,80)(H,72,81)/t14-,17+,18+,19+,20+,21+,22+,23+,24+,25+,26+,27+,28+,29+,30+,31+,32+,33+,34+,35+,36+,37+,38+,39+,40+,41-,42-,43-,44-,45-,46-,47-,48-,49-,50-,51-,52-,53+,54+,55-,56-,57-,58-,59-,60+,61-,62+,63-,64+,65+,66+,67-,68-,69+,70+/m0/s1. The molecule has 0 radical (unpaired) electrons. The van der Waals surface area contributed by atoms with Crippen LogP contribution in [0.5, 0.6) is 0 Å². The first-order valence-corrected chi connectivity index (χ1v) is 40.5. The lowest BCUT2D eigenvalue weighted by Gasteiger charge is -2.51. The average Bonchev–Trinajstić information content (AvgIpc) is 0.767. The predicted molar refractivity (Wildman–Crippen MR) is 384 cm³/mol. The van der Waals surface area contributed by atoms with Gasteiger partial charge in [-0.25, -0.2) is 0 Å². The van der Waals surface area contributed by atoms with Gasteiger partial charge in [-0.15, -0.1) is 0 Å². The summed E-state index contributed by atoms with van der Waals surface area (Å²) in [4.78, 5) is 25.8. The fraction of sp³-hybridized carbons (Fsp3) is 0.971. The van der Waals surface area contributed by atoms with E-state index in [4.69, 9.17) is 99.5 Å². The fourth-order valence-corrected chi connectivity index (χ4v) is 16.3. The number of amides is 2. The van der Waals surface area contributed by atoms with Crippen molar-refractivity contribution in [2.75, 3.05) is 66.1 Å². The normalized spacial score (nSPS) is 52.0. The third-order valence-corrected chi connectivity index (χ3v) is 23.7. The van der Waals surface area contributed by atoms with Crippen molar-refractivity contribution in [1.82, 2.24) is 10.6 Å². The number of rotatable bonds is 32. The molecule has 34 N–H and O–H groups in total. The Kier molecular flexibility index (Phi) is 37.1. The Hall–Kier alpha value is -3.18.